The summed E-state index contributed by atoms with van der Waals surface area (Å²) < 4.78 is 5.45. The second-order valence-electron chi connectivity index (χ2n) is 6.38. The first-order valence-corrected chi connectivity index (χ1v) is 9.09. The molecule has 0 bridgehead atoms. The summed E-state index contributed by atoms with van der Waals surface area (Å²) in [4.78, 5) is 11.0. The normalized spacial score (nSPS) is 11.0. The summed E-state index contributed by atoms with van der Waals surface area (Å²) in [7, 11) is 5.53. The number of halogens is 1. The van der Waals surface area contributed by atoms with Gasteiger partial charge < -0.3 is 15.0 Å². The zero-order valence-corrected chi connectivity index (χ0v) is 18.9. The van der Waals surface area contributed by atoms with Crippen LogP contribution in [0.1, 0.15) is 11.1 Å². The van der Waals surface area contributed by atoms with E-state index in [9.17, 15) is 0 Å². The lowest BCUT2D eigenvalue weighted by molar-refractivity contribution is 0.396. The van der Waals surface area contributed by atoms with Crippen molar-refractivity contribution in [2.75, 3.05) is 27.7 Å². The Labute approximate surface area is 183 Å². The zero-order valence-electron chi connectivity index (χ0n) is 16.6. The summed E-state index contributed by atoms with van der Waals surface area (Å²) in [6.45, 7) is 1.51. The molecule has 3 rings (SSSR count). The van der Waals surface area contributed by atoms with Gasteiger partial charge in [-0.3, -0.25) is 9.98 Å². The summed E-state index contributed by atoms with van der Waals surface area (Å²) in [5.41, 5.74) is 3.44. The molecule has 148 valence electrons. The molecule has 0 spiro atoms. The maximum atomic E-state index is 5.45. The Bertz CT molecular complexity index is 924. The Hall–Kier alpha value is -2.35. The highest BCUT2D eigenvalue weighted by atomic mass is 127. The molecule has 6 heteroatoms. The molecule has 1 N–H and O–H groups in total. The van der Waals surface area contributed by atoms with Crippen molar-refractivity contribution in [3.8, 4) is 5.75 Å². The minimum absolute atomic E-state index is 0. The van der Waals surface area contributed by atoms with Gasteiger partial charge in [0.2, 0.25) is 0 Å². The predicted molar refractivity (Wildman–Crippen MR) is 127 cm³/mol. The Morgan fingerprint density at radius 3 is 2.61 bits per heavy atom. The first-order valence-electron chi connectivity index (χ1n) is 9.09. The van der Waals surface area contributed by atoms with Crippen molar-refractivity contribution in [2.45, 2.75) is 13.0 Å². The van der Waals surface area contributed by atoms with E-state index < -0.39 is 0 Å². The first kappa shape index (κ1) is 21.9. The number of guanidine groups is 1. The third kappa shape index (κ3) is 5.34. The van der Waals surface area contributed by atoms with Gasteiger partial charge in [0.25, 0.3) is 0 Å². The molecule has 5 nitrogen and oxygen atoms in total. The van der Waals surface area contributed by atoms with Crippen LogP contribution in [-0.4, -0.2) is 43.6 Å². The number of hydrogen-bond donors (Lipinski definition) is 1. The highest BCUT2D eigenvalue weighted by Gasteiger charge is 2.10. The fourth-order valence-corrected chi connectivity index (χ4v) is 3.23. The molecule has 0 fully saturated rings. The van der Waals surface area contributed by atoms with Crippen LogP contribution in [0.15, 0.2) is 65.8 Å². The van der Waals surface area contributed by atoms with Crippen LogP contribution in [0.4, 0.5) is 0 Å². The second kappa shape index (κ2) is 10.8. The fraction of sp³-hybridized carbons (Fsp3) is 0.273. The van der Waals surface area contributed by atoms with Crippen LogP contribution in [0, 0.1) is 0 Å². The molecular formula is C22H27IN4O. The summed E-state index contributed by atoms with van der Waals surface area (Å²) in [6.07, 6.45) is 2.73. The second-order valence-corrected chi connectivity index (χ2v) is 6.38. The van der Waals surface area contributed by atoms with Crippen molar-refractivity contribution in [3.63, 3.8) is 0 Å². The van der Waals surface area contributed by atoms with Gasteiger partial charge in [0.15, 0.2) is 5.96 Å². The monoisotopic (exact) mass is 490 g/mol. The number of aliphatic imine (C=N–C) groups is 1. The maximum absolute atomic E-state index is 5.45. The number of ether oxygens (including phenoxy) is 1. The fourth-order valence-electron chi connectivity index (χ4n) is 3.23. The number of rotatable bonds is 6. The molecule has 0 saturated carbocycles. The molecule has 0 radical (unpaired) electrons. The average Bonchev–Trinajstić information content (AvgIpc) is 2.71. The topological polar surface area (TPSA) is 49.8 Å². The quantitative estimate of drug-likeness (QED) is 0.321. The molecule has 0 atom stereocenters. The van der Waals surface area contributed by atoms with E-state index in [1.165, 1.54) is 10.9 Å². The SMILES string of the molecule is CN=C(NCCc1cccc2cccnc12)N(C)Cc1ccccc1OC.I. The number of fused-ring (bicyclic) bond motifs is 1. The molecule has 0 aliphatic heterocycles. The molecule has 0 amide bonds. The summed E-state index contributed by atoms with van der Waals surface area (Å²) >= 11 is 0. The molecule has 2 aromatic carbocycles. The number of nitrogens with one attached hydrogen (secondary N) is 1. The molecule has 0 aliphatic carbocycles. The van der Waals surface area contributed by atoms with Crippen LogP contribution in [-0.2, 0) is 13.0 Å². The number of nitrogens with zero attached hydrogens (tertiary/aromatic N) is 3. The van der Waals surface area contributed by atoms with E-state index in [1.807, 2.05) is 37.5 Å². The van der Waals surface area contributed by atoms with Gasteiger partial charge in [0.1, 0.15) is 5.75 Å². The van der Waals surface area contributed by atoms with Gasteiger partial charge in [-0.2, -0.15) is 0 Å². The molecular weight excluding hydrogens is 463 g/mol. The van der Waals surface area contributed by atoms with Crippen molar-refractivity contribution in [1.82, 2.24) is 15.2 Å². The van der Waals surface area contributed by atoms with Crippen LogP contribution in [0.3, 0.4) is 0 Å². The highest BCUT2D eigenvalue weighted by Crippen LogP contribution is 2.19. The van der Waals surface area contributed by atoms with Crippen LogP contribution in [0.25, 0.3) is 10.9 Å². The Balaban J connectivity index is 0.00000280. The Morgan fingerprint density at radius 2 is 1.82 bits per heavy atom. The molecule has 1 heterocycles. The Kier molecular flexibility index (Phi) is 8.50. The first-order chi connectivity index (χ1) is 13.2. The van der Waals surface area contributed by atoms with Gasteiger partial charge in [0.05, 0.1) is 12.6 Å². The lowest BCUT2D eigenvalue weighted by Crippen LogP contribution is -2.39. The van der Waals surface area contributed by atoms with Crippen molar-refractivity contribution in [1.29, 1.82) is 0 Å². The summed E-state index contributed by atoms with van der Waals surface area (Å²) in [5.74, 6) is 1.75. The van der Waals surface area contributed by atoms with Crippen molar-refractivity contribution in [3.05, 3.63) is 71.9 Å². The molecule has 0 saturated heterocycles. The number of aromatic nitrogens is 1. The molecule has 1 aromatic heterocycles. The minimum Gasteiger partial charge on any atom is -0.496 e. The molecule has 0 aliphatic rings. The van der Waals surface area contributed by atoms with Crippen LogP contribution < -0.4 is 10.1 Å². The number of para-hydroxylation sites is 2. The zero-order chi connectivity index (χ0) is 19.1. The average molecular weight is 490 g/mol. The molecule has 0 unspecified atom stereocenters. The van der Waals surface area contributed by atoms with Crippen molar-refractivity contribution >= 4 is 40.8 Å². The van der Waals surface area contributed by atoms with E-state index in [0.29, 0.717) is 0 Å². The standard InChI is InChI=1S/C22H26N4O.HI/c1-23-22(26(2)16-19-8-4-5-12-20(19)27-3)25-15-13-18-10-6-9-17-11-7-14-24-21(17)18;/h4-12,14H,13,15-16H2,1-3H3,(H,23,25);1H. The highest BCUT2D eigenvalue weighted by molar-refractivity contribution is 14.0. The largest absolute Gasteiger partial charge is 0.496 e. The van der Waals surface area contributed by atoms with Crippen LogP contribution in [0.5, 0.6) is 5.75 Å². The van der Waals surface area contributed by atoms with E-state index in [1.54, 1.807) is 14.2 Å². The number of pyridine rings is 1. The van der Waals surface area contributed by atoms with Gasteiger partial charge in [-0.15, -0.1) is 24.0 Å². The van der Waals surface area contributed by atoms with E-state index >= 15 is 0 Å². The third-order valence-electron chi connectivity index (χ3n) is 4.57. The lowest BCUT2D eigenvalue weighted by atomic mass is 10.1. The van der Waals surface area contributed by atoms with Crippen molar-refractivity contribution in [2.24, 2.45) is 4.99 Å². The van der Waals surface area contributed by atoms with Gasteiger partial charge >= 0.3 is 0 Å². The van der Waals surface area contributed by atoms with Gasteiger partial charge in [-0.05, 0) is 24.1 Å². The summed E-state index contributed by atoms with van der Waals surface area (Å²) in [5, 5.41) is 4.62. The minimum atomic E-state index is 0. The number of methoxy groups -OCH3 is 1. The van der Waals surface area contributed by atoms with E-state index in [2.05, 4.69) is 50.5 Å². The Morgan fingerprint density at radius 1 is 1.07 bits per heavy atom. The van der Waals surface area contributed by atoms with Gasteiger partial charge in [0, 0.05) is 44.3 Å². The van der Waals surface area contributed by atoms with Crippen LogP contribution >= 0.6 is 24.0 Å². The lowest BCUT2D eigenvalue weighted by Gasteiger charge is -2.23. The van der Waals surface area contributed by atoms with Crippen molar-refractivity contribution < 1.29 is 4.74 Å². The van der Waals surface area contributed by atoms with Gasteiger partial charge in [-0.1, -0.05) is 42.5 Å². The van der Waals surface area contributed by atoms with E-state index in [-0.39, 0.29) is 24.0 Å². The van der Waals surface area contributed by atoms with E-state index in [0.717, 1.165) is 42.3 Å². The number of benzene rings is 2. The smallest absolute Gasteiger partial charge is 0.193 e. The molecule has 3 aromatic rings. The van der Waals surface area contributed by atoms with Gasteiger partial charge in [-0.25, -0.2) is 0 Å². The summed E-state index contributed by atoms with van der Waals surface area (Å²) in [6, 6.07) is 18.4. The third-order valence-corrected chi connectivity index (χ3v) is 4.57. The van der Waals surface area contributed by atoms with Crippen LogP contribution in [0.2, 0.25) is 0 Å². The number of hydrogen-bond acceptors (Lipinski definition) is 3. The maximum Gasteiger partial charge on any atom is 0.193 e. The van der Waals surface area contributed by atoms with E-state index in [4.69, 9.17) is 4.74 Å². The molecule has 28 heavy (non-hydrogen) atoms. The predicted octanol–water partition coefficient (Wildman–Crippen LogP) is 4.11.